The molecule has 0 aliphatic carbocycles. The highest BCUT2D eigenvalue weighted by molar-refractivity contribution is 7.89. The molecule has 2 aliphatic rings. The van der Waals surface area contributed by atoms with Gasteiger partial charge in [-0.05, 0) is 48.6 Å². The molecule has 180 valence electrons. The maximum atomic E-state index is 13.3. The van der Waals surface area contributed by atoms with Crippen molar-refractivity contribution >= 4 is 21.8 Å². The van der Waals surface area contributed by atoms with Gasteiger partial charge in [0.1, 0.15) is 0 Å². The number of allylic oxidation sites excluding steroid dienone is 1. The Balaban J connectivity index is 1.70. The number of carbonyl (C=O) groups excluding carboxylic acids is 2. The highest BCUT2D eigenvalue weighted by Gasteiger charge is 2.33. The van der Waals surface area contributed by atoms with E-state index in [0.29, 0.717) is 19.4 Å². The van der Waals surface area contributed by atoms with Gasteiger partial charge in [0.2, 0.25) is 15.9 Å². The molecule has 0 saturated heterocycles. The van der Waals surface area contributed by atoms with E-state index in [1.807, 2.05) is 30.3 Å². The van der Waals surface area contributed by atoms with E-state index in [1.54, 1.807) is 23.1 Å². The Morgan fingerprint density at radius 3 is 2.68 bits per heavy atom. The number of rotatable bonds is 0. The molecule has 8 nitrogen and oxygen atoms in total. The van der Waals surface area contributed by atoms with Crippen molar-refractivity contribution in [1.82, 2.24) is 14.5 Å². The number of hydrogen-bond donors (Lipinski definition) is 2. The summed E-state index contributed by atoms with van der Waals surface area (Å²) in [6, 6.07) is 12.9. The minimum Gasteiger partial charge on any atom is -0.350 e. The number of nitrogens with one attached hydrogen (secondary N) is 1. The Morgan fingerprint density at radius 1 is 1.06 bits per heavy atom. The molecule has 2 amide bonds. The summed E-state index contributed by atoms with van der Waals surface area (Å²) in [5.41, 5.74) is 8.64. The van der Waals surface area contributed by atoms with Crippen LogP contribution in [0.4, 0.5) is 0 Å². The van der Waals surface area contributed by atoms with Gasteiger partial charge in [-0.3, -0.25) is 9.59 Å². The van der Waals surface area contributed by atoms with E-state index in [9.17, 15) is 18.0 Å². The van der Waals surface area contributed by atoms with Gasteiger partial charge < -0.3 is 16.0 Å². The van der Waals surface area contributed by atoms with Crippen LogP contribution in [0.3, 0.4) is 0 Å². The smallest absolute Gasteiger partial charge is 0.251 e. The molecular formula is C25H30N4O4S. The molecule has 0 spiro atoms. The van der Waals surface area contributed by atoms with E-state index < -0.39 is 22.0 Å². The van der Waals surface area contributed by atoms with E-state index >= 15 is 0 Å². The zero-order valence-corrected chi connectivity index (χ0v) is 20.0. The molecule has 0 fully saturated rings. The predicted octanol–water partition coefficient (Wildman–Crippen LogP) is 1.84. The van der Waals surface area contributed by atoms with Gasteiger partial charge in [0.15, 0.2) is 0 Å². The van der Waals surface area contributed by atoms with Crippen LogP contribution in [-0.4, -0.2) is 62.2 Å². The first-order valence-corrected chi connectivity index (χ1v) is 12.9. The van der Waals surface area contributed by atoms with Crippen molar-refractivity contribution < 1.29 is 18.0 Å². The Bertz CT molecular complexity index is 1210. The largest absolute Gasteiger partial charge is 0.350 e. The van der Waals surface area contributed by atoms with Crippen LogP contribution in [-0.2, 0) is 21.2 Å². The van der Waals surface area contributed by atoms with E-state index in [1.165, 1.54) is 23.5 Å². The molecule has 2 aromatic rings. The summed E-state index contributed by atoms with van der Waals surface area (Å²) in [6.45, 7) is 0.899. The normalized spacial score (nSPS) is 24.9. The predicted molar refractivity (Wildman–Crippen MR) is 130 cm³/mol. The fourth-order valence-corrected chi connectivity index (χ4v) is 5.62. The maximum absolute atomic E-state index is 13.3. The highest BCUT2D eigenvalue weighted by atomic mass is 32.2. The van der Waals surface area contributed by atoms with Crippen LogP contribution < -0.4 is 11.1 Å². The second kappa shape index (κ2) is 10.1. The van der Waals surface area contributed by atoms with Crippen LogP contribution in [0.1, 0.15) is 40.4 Å². The van der Waals surface area contributed by atoms with Crippen LogP contribution in [0, 0.1) is 0 Å². The summed E-state index contributed by atoms with van der Waals surface area (Å²) in [5.74, 6) is -0.545. The third-order valence-electron chi connectivity index (χ3n) is 6.45. The zero-order valence-electron chi connectivity index (χ0n) is 19.2. The van der Waals surface area contributed by atoms with E-state index in [-0.39, 0.29) is 35.5 Å². The molecule has 3 N–H and O–H groups in total. The monoisotopic (exact) mass is 482 g/mol. The van der Waals surface area contributed by atoms with Gasteiger partial charge in [-0.2, -0.15) is 4.31 Å². The minimum atomic E-state index is -3.76. The molecule has 0 radical (unpaired) electrons. The number of benzene rings is 2. The second-order valence-corrected chi connectivity index (χ2v) is 10.7. The molecule has 0 saturated carbocycles. The summed E-state index contributed by atoms with van der Waals surface area (Å²) in [7, 11) is -2.27. The fraction of sp³-hybridized carbons (Fsp3) is 0.360. The minimum absolute atomic E-state index is 0.0576. The van der Waals surface area contributed by atoms with Gasteiger partial charge in [-0.15, -0.1) is 0 Å². The molecule has 2 atom stereocenters. The Hall–Kier alpha value is -3.01. The SMILES string of the molecule is CN1C/C=C/CCC(N)C(=O)N2CCc3ccccc3C2CNC(=O)c2cccc(c2)S1(=O)=O. The lowest BCUT2D eigenvalue weighted by atomic mass is 9.91. The standard InChI is InChI=1S/C25H30N4O4S/c1-28-14-6-2-3-12-22(26)25(31)29-15-13-18-8-4-5-11-21(18)23(29)17-27-24(30)19-9-7-10-20(16-19)34(28,32)33/h2,4-11,16,22-23H,3,12-15,17,26H2,1H3,(H,27,30)/b6-2+. The molecule has 2 heterocycles. The van der Waals surface area contributed by atoms with Crippen molar-refractivity contribution in [2.45, 2.75) is 36.2 Å². The van der Waals surface area contributed by atoms with Gasteiger partial charge in [-0.1, -0.05) is 42.5 Å². The maximum Gasteiger partial charge on any atom is 0.251 e. The second-order valence-electron chi connectivity index (χ2n) is 8.67. The number of amides is 2. The van der Waals surface area contributed by atoms with Gasteiger partial charge in [-0.25, -0.2) is 8.42 Å². The summed E-state index contributed by atoms with van der Waals surface area (Å²) in [5, 5.41) is 2.91. The van der Waals surface area contributed by atoms with Crippen molar-refractivity contribution in [3.63, 3.8) is 0 Å². The van der Waals surface area contributed by atoms with Crippen LogP contribution in [0.2, 0.25) is 0 Å². The molecule has 2 unspecified atom stereocenters. The molecule has 2 aromatic carbocycles. The third kappa shape index (κ3) is 4.91. The Morgan fingerprint density at radius 2 is 1.85 bits per heavy atom. The number of hydrogen-bond acceptors (Lipinski definition) is 5. The van der Waals surface area contributed by atoms with Crippen molar-refractivity contribution in [1.29, 1.82) is 0 Å². The van der Waals surface area contributed by atoms with E-state index in [4.69, 9.17) is 5.73 Å². The van der Waals surface area contributed by atoms with Gasteiger partial charge in [0.25, 0.3) is 5.91 Å². The lowest BCUT2D eigenvalue weighted by molar-refractivity contribution is -0.135. The van der Waals surface area contributed by atoms with Crippen molar-refractivity contribution in [3.8, 4) is 0 Å². The first-order valence-electron chi connectivity index (χ1n) is 11.4. The molecule has 2 bridgehead atoms. The van der Waals surface area contributed by atoms with E-state index in [0.717, 1.165) is 17.5 Å². The fourth-order valence-electron chi connectivity index (χ4n) is 4.46. The Labute approximate surface area is 200 Å². The summed E-state index contributed by atoms with van der Waals surface area (Å²) >= 11 is 0. The molecule has 2 aliphatic heterocycles. The number of nitrogens with two attached hydrogens (primary N) is 1. The van der Waals surface area contributed by atoms with Crippen molar-refractivity contribution in [3.05, 3.63) is 77.4 Å². The zero-order chi connectivity index (χ0) is 24.3. The highest BCUT2D eigenvalue weighted by Crippen LogP contribution is 2.30. The number of nitrogens with zero attached hydrogens (tertiary/aromatic N) is 2. The van der Waals surface area contributed by atoms with Crippen molar-refractivity contribution in [2.24, 2.45) is 5.73 Å². The molecule has 34 heavy (non-hydrogen) atoms. The number of sulfonamides is 1. The van der Waals surface area contributed by atoms with Crippen LogP contribution in [0.25, 0.3) is 0 Å². The average molecular weight is 483 g/mol. The summed E-state index contributed by atoms with van der Waals surface area (Å²) < 4.78 is 27.1. The average Bonchev–Trinajstić information content (AvgIpc) is 2.85. The first kappa shape index (κ1) is 24.1. The van der Waals surface area contributed by atoms with Gasteiger partial charge >= 0.3 is 0 Å². The van der Waals surface area contributed by atoms with Gasteiger partial charge in [0, 0.05) is 32.2 Å². The van der Waals surface area contributed by atoms with Crippen LogP contribution in [0.15, 0.2) is 65.6 Å². The van der Waals surface area contributed by atoms with E-state index in [2.05, 4.69) is 5.32 Å². The summed E-state index contributed by atoms with van der Waals surface area (Å²) in [4.78, 5) is 28.1. The molecule has 0 aromatic heterocycles. The number of likely N-dealkylation sites (N-methyl/N-ethyl adjacent to an activating group) is 1. The quantitative estimate of drug-likeness (QED) is 0.557. The third-order valence-corrected chi connectivity index (χ3v) is 8.27. The lowest BCUT2D eigenvalue weighted by Gasteiger charge is -2.38. The first-order chi connectivity index (χ1) is 16.3. The van der Waals surface area contributed by atoms with Crippen LogP contribution >= 0.6 is 0 Å². The summed E-state index contributed by atoms with van der Waals surface area (Å²) in [6.07, 6.45) is 5.34. The van der Waals surface area contributed by atoms with Gasteiger partial charge in [0.05, 0.1) is 17.0 Å². The van der Waals surface area contributed by atoms with Crippen molar-refractivity contribution in [2.75, 3.05) is 26.7 Å². The topological polar surface area (TPSA) is 113 Å². The molecule has 9 heteroatoms. The number of fused-ring (bicyclic) bond motifs is 5. The van der Waals surface area contributed by atoms with Crippen LogP contribution in [0.5, 0.6) is 0 Å². The number of carbonyl (C=O) groups is 2. The molecule has 4 rings (SSSR count). The Kier molecular flexibility index (Phi) is 7.16. The molecular weight excluding hydrogens is 452 g/mol. The lowest BCUT2D eigenvalue weighted by Crippen LogP contribution is -2.50.